The number of halogens is 2. The molecule has 2 N–H and O–H groups in total. The van der Waals surface area contributed by atoms with E-state index in [0.29, 0.717) is 17.9 Å². The second-order valence-corrected chi connectivity index (χ2v) is 4.97. The van der Waals surface area contributed by atoms with Crippen LogP contribution in [0.1, 0.15) is 24.8 Å². The van der Waals surface area contributed by atoms with Crippen molar-refractivity contribution >= 4 is 0 Å². The van der Waals surface area contributed by atoms with E-state index < -0.39 is 11.6 Å². The first kappa shape index (κ1) is 13.4. The fraction of sp³-hybridized carbons (Fsp3) is 0.571. The SMILES string of the molecule is NC(Cc1cccc(F)c1F)CC1CCOCC1. The van der Waals surface area contributed by atoms with Crippen molar-refractivity contribution in [1.29, 1.82) is 0 Å². The van der Waals surface area contributed by atoms with E-state index in [9.17, 15) is 8.78 Å². The Morgan fingerprint density at radius 1 is 1.28 bits per heavy atom. The van der Waals surface area contributed by atoms with Crippen LogP contribution in [-0.4, -0.2) is 19.3 Å². The molecule has 1 aromatic rings. The van der Waals surface area contributed by atoms with E-state index in [1.54, 1.807) is 6.07 Å². The molecule has 1 aliphatic heterocycles. The summed E-state index contributed by atoms with van der Waals surface area (Å²) in [6, 6.07) is 4.13. The molecular weight excluding hydrogens is 236 g/mol. The molecule has 18 heavy (non-hydrogen) atoms. The van der Waals surface area contributed by atoms with Crippen molar-refractivity contribution in [2.45, 2.75) is 31.7 Å². The monoisotopic (exact) mass is 255 g/mol. The summed E-state index contributed by atoms with van der Waals surface area (Å²) in [7, 11) is 0. The Morgan fingerprint density at radius 3 is 2.72 bits per heavy atom. The number of hydrogen-bond acceptors (Lipinski definition) is 2. The molecular formula is C14H19F2NO. The molecule has 1 aliphatic rings. The molecule has 1 fully saturated rings. The lowest BCUT2D eigenvalue weighted by Crippen LogP contribution is -2.29. The summed E-state index contributed by atoms with van der Waals surface area (Å²) in [6.07, 6.45) is 3.26. The van der Waals surface area contributed by atoms with Crippen LogP contribution < -0.4 is 5.73 Å². The molecule has 2 rings (SSSR count). The van der Waals surface area contributed by atoms with Crippen LogP contribution >= 0.6 is 0 Å². The summed E-state index contributed by atoms with van der Waals surface area (Å²) in [5.74, 6) is -1.02. The third kappa shape index (κ3) is 3.50. The Balaban J connectivity index is 1.90. The van der Waals surface area contributed by atoms with E-state index in [1.165, 1.54) is 6.07 Å². The Bertz CT molecular complexity index is 391. The molecule has 0 spiro atoms. The fourth-order valence-corrected chi connectivity index (χ4v) is 2.48. The Kier molecular flexibility index (Phi) is 4.66. The third-order valence-electron chi connectivity index (χ3n) is 3.49. The zero-order chi connectivity index (χ0) is 13.0. The predicted molar refractivity (Wildman–Crippen MR) is 66.2 cm³/mol. The topological polar surface area (TPSA) is 35.2 Å². The Labute approximate surface area is 106 Å². The molecule has 0 amide bonds. The van der Waals surface area contributed by atoms with Crippen molar-refractivity contribution < 1.29 is 13.5 Å². The van der Waals surface area contributed by atoms with Crippen LogP contribution in [0.2, 0.25) is 0 Å². The first-order chi connectivity index (χ1) is 8.66. The van der Waals surface area contributed by atoms with Crippen LogP contribution in [0.3, 0.4) is 0 Å². The zero-order valence-electron chi connectivity index (χ0n) is 10.4. The van der Waals surface area contributed by atoms with Gasteiger partial charge in [0.25, 0.3) is 0 Å². The van der Waals surface area contributed by atoms with Crippen molar-refractivity contribution in [1.82, 2.24) is 0 Å². The summed E-state index contributed by atoms with van der Waals surface area (Å²) in [5.41, 5.74) is 6.40. The van der Waals surface area contributed by atoms with E-state index >= 15 is 0 Å². The average molecular weight is 255 g/mol. The zero-order valence-corrected chi connectivity index (χ0v) is 10.4. The minimum absolute atomic E-state index is 0.121. The molecule has 1 aromatic carbocycles. The molecule has 0 aliphatic carbocycles. The van der Waals surface area contributed by atoms with Gasteiger partial charge in [0, 0.05) is 19.3 Å². The third-order valence-corrected chi connectivity index (χ3v) is 3.49. The van der Waals surface area contributed by atoms with Gasteiger partial charge in [-0.1, -0.05) is 12.1 Å². The van der Waals surface area contributed by atoms with Crippen LogP contribution in [-0.2, 0) is 11.2 Å². The minimum atomic E-state index is -0.800. The number of hydrogen-bond donors (Lipinski definition) is 1. The number of benzene rings is 1. The van der Waals surface area contributed by atoms with Gasteiger partial charge in [-0.05, 0) is 43.2 Å². The molecule has 0 aromatic heterocycles. The molecule has 2 nitrogen and oxygen atoms in total. The smallest absolute Gasteiger partial charge is 0.162 e. The van der Waals surface area contributed by atoms with E-state index in [2.05, 4.69) is 0 Å². The number of ether oxygens (including phenoxy) is 1. The molecule has 0 saturated carbocycles. The van der Waals surface area contributed by atoms with E-state index in [-0.39, 0.29) is 6.04 Å². The molecule has 100 valence electrons. The molecule has 1 atom stereocenters. The highest BCUT2D eigenvalue weighted by atomic mass is 19.2. The van der Waals surface area contributed by atoms with Crippen LogP contribution in [0.5, 0.6) is 0 Å². The molecule has 1 saturated heterocycles. The maximum atomic E-state index is 13.5. The molecule has 1 heterocycles. The predicted octanol–water partition coefficient (Wildman–Crippen LogP) is 2.65. The second kappa shape index (κ2) is 6.25. The lowest BCUT2D eigenvalue weighted by Gasteiger charge is -2.24. The van der Waals surface area contributed by atoms with Crippen LogP contribution in [0.25, 0.3) is 0 Å². The highest BCUT2D eigenvalue weighted by Crippen LogP contribution is 2.21. The van der Waals surface area contributed by atoms with Gasteiger partial charge in [0.2, 0.25) is 0 Å². The van der Waals surface area contributed by atoms with Crippen molar-refractivity contribution in [3.8, 4) is 0 Å². The fourth-order valence-electron chi connectivity index (χ4n) is 2.48. The van der Waals surface area contributed by atoms with Gasteiger partial charge in [0.1, 0.15) is 0 Å². The van der Waals surface area contributed by atoms with Gasteiger partial charge in [-0.25, -0.2) is 8.78 Å². The minimum Gasteiger partial charge on any atom is -0.381 e. The largest absolute Gasteiger partial charge is 0.381 e. The van der Waals surface area contributed by atoms with Crippen molar-refractivity contribution in [2.24, 2.45) is 11.7 Å². The normalized spacial score (nSPS) is 18.8. The molecule has 1 unspecified atom stereocenters. The lowest BCUT2D eigenvalue weighted by molar-refractivity contribution is 0.0618. The Hall–Kier alpha value is -1.00. The van der Waals surface area contributed by atoms with Gasteiger partial charge in [0.15, 0.2) is 11.6 Å². The summed E-state index contributed by atoms with van der Waals surface area (Å²) in [6.45, 7) is 1.57. The van der Waals surface area contributed by atoms with E-state index in [1.807, 2.05) is 0 Å². The standard InChI is InChI=1S/C14H19F2NO/c15-13-3-1-2-11(14(13)16)9-12(17)8-10-4-6-18-7-5-10/h1-3,10,12H,4-9,17H2. The highest BCUT2D eigenvalue weighted by molar-refractivity contribution is 5.19. The first-order valence-corrected chi connectivity index (χ1v) is 6.43. The second-order valence-electron chi connectivity index (χ2n) is 4.97. The van der Waals surface area contributed by atoms with Crippen LogP contribution in [0.15, 0.2) is 18.2 Å². The molecule has 4 heteroatoms. The van der Waals surface area contributed by atoms with Gasteiger partial charge >= 0.3 is 0 Å². The quantitative estimate of drug-likeness (QED) is 0.897. The highest BCUT2D eigenvalue weighted by Gasteiger charge is 2.18. The first-order valence-electron chi connectivity index (χ1n) is 6.43. The van der Waals surface area contributed by atoms with Gasteiger partial charge in [-0.15, -0.1) is 0 Å². The van der Waals surface area contributed by atoms with Crippen LogP contribution in [0, 0.1) is 17.6 Å². The summed E-state index contributed by atoms with van der Waals surface area (Å²) >= 11 is 0. The molecule has 0 bridgehead atoms. The summed E-state index contributed by atoms with van der Waals surface area (Å²) in [5, 5.41) is 0. The van der Waals surface area contributed by atoms with Crippen molar-refractivity contribution in [3.05, 3.63) is 35.4 Å². The average Bonchev–Trinajstić information content (AvgIpc) is 2.36. The summed E-state index contributed by atoms with van der Waals surface area (Å²) in [4.78, 5) is 0. The molecule has 0 radical (unpaired) electrons. The van der Waals surface area contributed by atoms with Crippen molar-refractivity contribution in [3.63, 3.8) is 0 Å². The number of rotatable bonds is 4. The van der Waals surface area contributed by atoms with E-state index in [4.69, 9.17) is 10.5 Å². The maximum Gasteiger partial charge on any atom is 0.162 e. The maximum absolute atomic E-state index is 13.5. The van der Waals surface area contributed by atoms with Crippen LogP contribution in [0.4, 0.5) is 8.78 Å². The van der Waals surface area contributed by atoms with Gasteiger partial charge in [-0.2, -0.15) is 0 Å². The van der Waals surface area contributed by atoms with E-state index in [0.717, 1.165) is 38.5 Å². The summed E-state index contributed by atoms with van der Waals surface area (Å²) < 4.78 is 31.8. The number of nitrogens with two attached hydrogens (primary N) is 1. The van der Waals surface area contributed by atoms with Crippen molar-refractivity contribution in [2.75, 3.05) is 13.2 Å². The van der Waals surface area contributed by atoms with Gasteiger partial charge in [-0.3, -0.25) is 0 Å². The lowest BCUT2D eigenvalue weighted by atomic mass is 9.90. The van der Waals surface area contributed by atoms with Gasteiger partial charge < -0.3 is 10.5 Å². The van der Waals surface area contributed by atoms with Gasteiger partial charge in [0.05, 0.1) is 0 Å². The Morgan fingerprint density at radius 2 is 2.00 bits per heavy atom.